The van der Waals surface area contributed by atoms with E-state index in [0.717, 1.165) is 41.9 Å². The van der Waals surface area contributed by atoms with Crippen molar-refractivity contribution < 1.29 is 0 Å². The molecule has 3 aliphatic carbocycles. The van der Waals surface area contributed by atoms with E-state index in [1.54, 1.807) is 12.0 Å². The van der Waals surface area contributed by atoms with Gasteiger partial charge in [-0.25, -0.2) is 0 Å². The summed E-state index contributed by atoms with van der Waals surface area (Å²) >= 11 is 0. The van der Waals surface area contributed by atoms with E-state index >= 15 is 0 Å². The molecule has 0 radical (unpaired) electrons. The van der Waals surface area contributed by atoms with Gasteiger partial charge in [-0.1, -0.05) is 50.1 Å². The average molecular weight is 351 g/mol. The Kier molecular flexibility index (Phi) is 5.87. The summed E-state index contributed by atoms with van der Waals surface area (Å²) in [5.41, 5.74) is 3.00. The van der Waals surface area contributed by atoms with E-state index in [4.69, 9.17) is 0 Å². The second-order valence-electron chi connectivity index (χ2n) is 9.86. The molecular formula is C26H38. The standard InChI is InChI=1S/C26H38/c1-3-4-20-7-11-22(12-8-20)24-14-16-25-17-23(13-15-26(25)18-24)21-9-5-19(2)6-10-21/h3,7-8,11-12,19,21,23-26H,1,4-6,9-10,13-18H2,2H3. The molecule has 0 heteroatoms. The summed E-state index contributed by atoms with van der Waals surface area (Å²) in [4.78, 5) is 0. The van der Waals surface area contributed by atoms with Gasteiger partial charge in [-0.3, -0.25) is 0 Å². The Labute approximate surface area is 161 Å². The highest BCUT2D eigenvalue weighted by atomic mass is 14.4. The minimum absolute atomic E-state index is 0.820. The number of hydrogen-bond acceptors (Lipinski definition) is 0. The van der Waals surface area contributed by atoms with E-state index in [2.05, 4.69) is 37.8 Å². The van der Waals surface area contributed by atoms with Crippen LogP contribution in [0.1, 0.15) is 88.2 Å². The zero-order valence-corrected chi connectivity index (χ0v) is 16.8. The first-order chi connectivity index (χ1) is 12.7. The van der Waals surface area contributed by atoms with Crippen molar-refractivity contribution in [1.82, 2.24) is 0 Å². The van der Waals surface area contributed by atoms with Crippen LogP contribution in [0.4, 0.5) is 0 Å². The quantitative estimate of drug-likeness (QED) is 0.492. The maximum Gasteiger partial charge on any atom is -0.0100 e. The van der Waals surface area contributed by atoms with E-state index < -0.39 is 0 Å². The van der Waals surface area contributed by atoms with Crippen molar-refractivity contribution >= 4 is 0 Å². The van der Waals surface area contributed by atoms with E-state index in [1.807, 2.05) is 6.08 Å². The lowest BCUT2D eigenvalue weighted by molar-refractivity contribution is 0.0732. The van der Waals surface area contributed by atoms with Crippen molar-refractivity contribution in [3.05, 3.63) is 48.0 Å². The molecule has 26 heavy (non-hydrogen) atoms. The third-order valence-corrected chi connectivity index (χ3v) is 8.21. The summed E-state index contributed by atoms with van der Waals surface area (Å²) < 4.78 is 0. The molecule has 142 valence electrons. The number of benzene rings is 1. The van der Waals surface area contributed by atoms with Crippen LogP contribution in [0, 0.1) is 29.6 Å². The summed E-state index contributed by atoms with van der Waals surface area (Å²) in [5, 5.41) is 0. The highest BCUT2D eigenvalue weighted by molar-refractivity contribution is 5.27. The molecule has 4 atom stereocenters. The molecule has 1 aromatic carbocycles. The lowest BCUT2D eigenvalue weighted by Gasteiger charge is -2.45. The molecule has 0 spiro atoms. The molecule has 0 heterocycles. The predicted octanol–water partition coefficient (Wildman–Crippen LogP) is 7.54. The number of fused-ring (bicyclic) bond motifs is 1. The Bertz CT molecular complexity index is 575. The molecule has 0 aromatic heterocycles. The number of allylic oxidation sites excluding steroid dienone is 1. The van der Waals surface area contributed by atoms with Gasteiger partial charge in [0.25, 0.3) is 0 Å². The first kappa shape index (κ1) is 18.3. The molecule has 0 nitrogen and oxygen atoms in total. The molecule has 0 amide bonds. The molecule has 3 saturated carbocycles. The summed E-state index contributed by atoms with van der Waals surface area (Å²) in [6.07, 6.45) is 18.1. The van der Waals surface area contributed by atoms with Crippen molar-refractivity contribution in [2.75, 3.05) is 0 Å². The molecule has 3 aliphatic rings. The van der Waals surface area contributed by atoms with Crippen molar-refractivity contribution in [2.24, 2.45) is 29.6 Å². The molecular weight excluding hydrogens is 312 g/mol. The van der Waals surface area contributed by atoms with Crippen LogP contribution >= 0.6 is 0 Å². The molecule has 1 aromatic rings. The second-order valence-corrected chi connectivity index (χ2v) is 9.86. The van der Waals surface area contributed by atoms with E-state index in [9.17, 15) is 0 Å². The van der Waals surface area contributed by atoms with Gasteiger partial charge in [0.1, 0.15) is 0 Å². The molecule has 4 rings (SSSR count). The van der Waals surface area contributed by atoms with Crippen LogP contribution < -0.4 is 0 Å². The van der Waals surface area contributed by atoms with Crippen LogP contribution in [-0.4, -0.2) is 0 Å². The summed E-state index contributed by atoms with van der Waals surface area (Å²) in [7, 11) is 0. The average Bonchev–Trinajstić information content (AvgIpc) is 2.69. The van der Waals surface area contributed by atoms with Gasteiger partial charge in [-0.2, -0.15) is 0 Å². The van der Waals surface area contributed by atoms with Crippen LogP contribution in [0.5, 0.6) is 0 Å². The Hall–Kier alpha value is -1.04. The largest absolute Gasteiger partial charge is 0.103 e. The normalized spacial score (nSPS) is 37.7. The van der Waals surface area contributed by atoms with Crippen LogP contribution in [0.3, 0.4) is 0 Å². The number of hydrogen-bond donors (Lipinski definition) is 0. The second kappa shape index (κ2) is 8.32. The zero-order valence-electron chi connectivity index (χ0n) is 16.8. The molecule has 0 N–H and O–H groups in total. The highest BCUT2D eigenvalue weighted by Gasteiger charge is 2.38. The monoisotopic (exact) mass is 350 g/mol. The first-order valence-electron chi connectivity index (χ1n) is 11.4. The Balaban J connectivity index is 1.32. The summed E-state index contributed by atoms with van der Waals surface area (Å²) in [6.45, 7) is 6.31. The highest BCUT2D eigenvalue weighted by Crippen LogP contribution is 2.50. The third kappa shape index (κ3) is 4.10. The lowest BCUT2D eigenvalue weighted by Crippen LogP contribution is -2.34. The van der Waals surface area contributed by atoms with Crippen molar-refractivity contribution in [3.8, 4) is 0 Å². The first-order valence-corrected chi connectivity index (χ1v) is 11.4. The maximum atomic E-state index is 3.86. The van der Waals surface area contributed by atoms with Gasteiger partial charge in [0, 0.05) is 0 Å². The van der Waals surface area contributed by atoms with Gasteiger partial charge in [0.2, 0.25) is 0 Å². The van der Waals surface area contributed by atoms with Gasteiger partial charge < -0.3 is 0 Å². The zero-order chi connectivity index (χ0) is 17.9. The Morgan fingerprint density at radius 3 is 2.04 bits per heavy atom. The number of rotatable bonds is 4. The van der Waals surface area contributed by atoms with E-state index in [-0.39, 0.29) is 0 Å². The van der Waals surface area contributed by atoms with Crippen molar-refractivity contribution in [2.45, 2.75) is 83.5 Å². The minimum atomic E-state index is 0.820. The third-order valence-electron chi connectivity index (χ3n) is 8.21. The minimum Gasteiger partial charge on any atom is -0.103 e. The smallest absolute Gasteiger partial charge is 0.0100 e. The predicted molar refractivity (Wildman–Crippen MR) is 112 cm³/mol. The Morgan fingerprint density at radius 1 is 0.769 bits per heavy atom. The van der Waals surface area contributed by atoms with Crippen molar-refractivity contribution in [3.63, 3.8) is 0 Å². The Morgan fingerprint density at radius 2 is 1.35 bits per heavy atom. The van der Waals surface area contributed by atoms with E-state index in [0.29, 0.717) is 0 Å². The van der Waals surface area contributed by atoms with Gasteiger partial charge in [0.05, 0.1) is 0 Å². The fourth-order valence-corrected chi connectivity index (χ4v) is 6.51. The maximum absolute atomic E-state index is 3.86. The molecule has 0 saturated heterocycles. The van der Waals surface area contributed by atoms with Crippen molar-refractivity contribution in [1.29, 1.82) is 0 Å². The van der Waals surface area contributed by atoms with Crippen LogP contribution in [0.25, 0.3) is 0 Å². The molecule has 0 aliphatic heterocycles. The van der Waals surface area contributed by atoms with Crippen LogP contribution in [-0.2, 0) is 6.42 Å². The van der Waals surface area contributed by atoms with E-state index in [1.165, 1.54) is 63.4 Å². The van der Waals surface area contributed by atoms with Gasteiger partial charge in [0.15, 0.2) is 0 Å². The molecule has 4 unspecified atom stereocenters. The molecule has 0 bridgehead atoms. The van der Waals surface area contributed by atoms with Gasteiger partial charge in [-0.05, 0) is 104 Å². The SMILES string of the molecule is C=CCc1ccc(C2CCC3CC(C4CCC(C)CC4)CCC3C2)cc1. The van der Waals surface area contributed by atoms with Gasteiger partial charge >= 0.3 is 0 Å². The fourth-order valence-electron chi connectivity index (χ4n) is 6.51. The van der Waals surface area contributed by atoms with Crippen LogP contribution in [0.2, 0.25) is 0 Å². The summed E-state index contributed by atoms with van der Waals surface area (Å²) in [6, 6.07) is 9.45. The fraction of sp³-hybridized carbons (Fsp3) is 0.692. The van der Waals surface area contributed by atoms with Crippen LogP contribution in [0.15, 0.2) is 36.9 Å². The molecule has 3 fully saturated rings. The lowest BCUT2D eigenvalue weighted by atomic mass is 9.60. The topological polar surface area (TPSA) is 0 Å². The van der Waals surface area contributed by atoms with Gasteiger partial charge in [-0.15, -0.1) is 6.58 Å². The summed E-state index contributed by atoms with van der Waals surface area (Å²) in [5.74, 6) is 6.02.